The maximum atomic E-state index is 12.3. The van der Waals surface area contributed by atoms with Gasteiger partial charge in [0.2, 0.25) is 0 Å². The molecule has 1 aromatic heterocycles. The first-order chi connectivity index (χ1) is 8.72. The van der Waals surface area contributed by atoms with Crippen LogP contribution in [0.2, 0.25) is 0 Å². The van der Waals surface area contributed by atoms with Gasteiger partial charge >= 0.3 is 0 Å². The Bertz CT molecular complexity index is 454. The summed E-state index contributed by atoms with van der Waals surface area (Å²) in [5.41, 5.74) is 0.644. The van der Waals surface area contributed by atoms with Crippen LogP contribution in [0.4, 0.5) is 5.69 Å². The summed E-state index contributed by atoms with van der Waals surface area (Å²) < 4.78 is 2.36. The van der Waals surface area contributed by atoms with Crippen LogP contribution in [-0.2, 0) is 6.54 Å². The van der Waals surface area contributed by atoms with Crippen molar-refractivity contribution in [3.63, 3.8) is 0 Å². The maximum Gasteiger partial charge on any atom is 0.291 e. The standard InChI is InChI=1S/C13H20BrN3O/c1-2-3-7-15-12-11(14)8-16-17(13(12)18)9-10-5-4-6-10/h8,10,15H,2-7,9H2,1H3. The van der Waals surface area contributed by atoms with Crippen LogP contribution in [-0.4, -0.2) is 16.3 Å². The van der Waals surface area contributed by atoms with E-state index in [9.17, 15) is 4.79 Å². The SMILES string of the molecule is CCCCNc1c(Br)cnn(CC2CCC2)c1=O. The van der Waals surface area contributed by atoms with Crippen molar-refractivity contribution in [3.05, 3.63) is 21.0 Å². The van der Waals surface area contributed by atoms with E-state index in [1.807, 2.05) is 0 Å². The Morgan fingerprint density at radius 2 is 2.33 bits per heavy atom. The minimum atomic E-state index is -0.00706. The van der Waals surface area contributed by atoms with E-state index in [4.69, 9.17) is 0 Å². The predicted molar refractivity (Wildman–Crippen MR) is 76.9 cm³/mol. The van der Waals surface area contributed by atoms with Crippen LogP contribution in [0.5, 0.6) is 0 Å². The van der Waals surface area contributed by atoms with Gasteiger partial charge in [-0.2, -0.15) is 5.10 Å². The smallest absolute Gasteiger partial charge is 0.291 e. The van der Waals surface area contributed by atoms with Crippen molar-refractivity contribution < 1.29 is 0 Å². The first-order valence-electron chi connectivity index (χ1n) is 6.72. The molecule has 100 valence electrons. The third kappa shape index (κ3) is 3.13. The highest BCUT2D eigenvalue weighted by Gasteiger charge is 2.20. The fourth-order valence-electron chi connectivity index (χ4n) is 2.07. The number of rotatable bonds is 6. The van der Waals surface area contributed by atoms with Crippen LogP contribution >= 0.6 is 15.9 Å². The highest BCUT2D eigenvalue weighted by Crippen LogP contribution is 2.27. The van der Waals surface area contributed by atoms with Crippen molar-refractivity contribution in [1.82, 2.24) is 9.78 Å². The number of halogens is 1. The number of unbranched alkanes of at least 4 members (excludes halogenated alkanes) is 1. The van der Waals surface area contributed by atoms with Crippen molar-refractivity contribution >= 4 is 21.6 Å². The van der Waals surface area contributed by atoms with Gasteiger partial charge in [0.05, 0.1) is 10.7 Å². The van der Waals surface area contributed by atoms with Crippen molar-refractivity contribution in [2.75, 3.05) is 11.9 Å². The minimum absolute atomic E-state index is 0.00706. The van der Waals surface area contributed by atoms with E-state index in [0.717, 1.165) is 30.4 Å². The predicted octanol–water partition coefficient (Wildman–Crippen LogP) is 3.02. The fourth-order valence-corrected chi connectivity index (χ4v) is 2.47. The first kappa shape index (κ1) is 13.6. The van der Waals surface area contributed by atoms with E-state index in [1.165, 1.54) is 19.3 Å². The van der Waals surface area contributed by atoms with Gasteiger partial charge < -0.3 is 5.32 Å². The molecule has 1 heterocycles. The first-order valence-corrected chi connectivity index (χ1v) is 7.51. The molecule has 0 saturated heterocycles. The van der Waals surface area contributed by atoms with E-state index < -0.39 is 0 Å². The van der Waals surface area contributed by atoms with Gasteiger partial charge in [-0.1, -0.05) is 19.8 Å². The molecule has 5 heteroatoms. The van der Waals surface area contributed by atoms with Crippen LogP contribution in [0.25, 0.3) is 0 Å². The zero-order valence-electron chi connectivity index (χ0n) is 10.8. The second-order valence-corrected chi connectivity index (χ2v) is 5.79. The van der Waals surface area contributed by atoms with E-state index in [2.05, 4.69) is 33.3 Å². The lowest BCUT2D eigenvalue weighted by molar-refractivity contribution is 0.262. The molecule has 2 rings (SSSR count). The largest absolute Gasteiger partial charge is 0.380 e. The van der Waals surface area contributed by atoms with Crippen LogP contribution in [0.15, 0.2) is 15.5 Å². The lowest BCUT2D eigenvalue weighted by Gasteiger charge is -2.25. The average molecular weight is 314 g/mol. The summed E-state index contributed by atoms with van der Waals surface area (Å²) >= 11 is 3.39. The minimum Gasteiger partial charge on any atom is -0.380 e. The summed E-state index contributed by atoms with van der Waals surface area (Å²) in [5.74, 6) is 0.639. The number of hydrogen-bond acceptors (Lipinski definition) is 3. The second-order valence-electron chi connectivity index (χ2n) is 4.93. The molecule has 0 aliphatic heterocycles. The summed E-state index contributed by atoms with van der Waals surface area (Å²) in [6.45, 7) is 3.73. The quantitative estimate of drug-likeness (QED) is 0.821. The van der Waals surface area contributed by atoms with E-state index in [0.29, 0.717) is 11.6 Å². The zero-order valence-corrected chi connectivity index (χ0v) is 12.4. The average Bonchev–Trinajstić information content (AvgIpc) is 2.30. The highest BCUT2D eigenvalue weighted by molar-refractivity contribution is 9.10. The number of nitrogens with one attached hydrogen (secondary N) is 1. The molecule has 1 aliphatic carbocycles. The van der Waals surface area contributed by atoms with Crippen molar-refractivity contribution in [3.8, 4) is 0 Å². The van der Waals surface area contributed by atoms with Gasteiger partial charge in [-0.05, 0) is 41.1 Å². The van der Waals surface area contributed by atoms with Gasteiger partial charge in [0, 0.05) is 13.1 Å². The number of nitrogens with zero attached hydrogens (tertiary/aromatic N) is 2. The summed E-state index contributed by atoms with van der Waals surface area (Å²) in [6.07, 6.45) is 7.64. The van der Waals surface area contributed by atoms with Crippen LogP contribution in [0.1, 0.15) is 39.0 Å². The summed E-state index contributed by atoms with van der Waals surface area (Å²) in [4.78, 5) is 12.3. The summed E-state index contributed by atoms with van der Waals surface area (Å²) in [6, 6.07) is 0. The van der Waals surface area contributed by atoms with Crippen LogP contribution < -0.4 is 10.9 Å². The summed E-state index contributed by atoms with van der Waals surface area (Å²) in [5, 5.41) is 7.42. The van der Waals surface area contributed by atoms with Gasteiger partial charge in [0.15, 0.2) is 0 Å². The Morgan fingerprint density at radius 3 is 2.94 bits per heavy atom. The molecule has 0 amide bonds. The Hall–Kier alpha value is -0.840. The molecule has 0 atom stereocenters. The van der Waals surface area contributed by atoms with Crippen molar-refractivity contribution in [2.45, 2.75) is 45.6 Å². The van der Waals surface area contributed by atoms with Crippen LogP contribution in [0, 0.1) is 5.92 Å². The van der Waals surface area contributed by atoms with Gasteiger partial charge in [0.1, 0.15) is 5.69 Å². The van der Waals surface area contributed by atoms with Crippen molar-refractivity contribution in [2.24, 2.45) is 5.92 Å². The molecule has 0 aromatic carbocycles. The molecule has 18 heavy (non-hydrogen) atoms. The molecule has 1 fully saturated rings. The third-order valence-electron chi connectivity index (χ3n) is 3.49. The van der Waals surface area contributed by atoms with Gasteiger partial charge in [-0.15, -0.1) is 0 Å². The molecular formula is C13H20BrN3O. The molecule has 1 aromatic rings. The maximum absolute atomic E-state index is 12.3. The van der Waals surface area contributed by atoms with Gasteiger partial charge in [-0.25, -0.2) is 4.68 Å². The Kier molecular flexibility index (Phi) is 4.80. The monoisotopic (exact) mass is 313 g/mol. The molecule has 1 saturated carbocycles. The molecule has 0 bridgehead atoms. The number of aromatic nitrogens is 2. The Labute approximate surface area is 116 Å². The van der Waals surface area contributed by atoms with Crippen molar-refractivity contribution in [1.29, 1.82) is 0 Å². The van der Waals surface area contributed by atoms with E-state index >= 15 is 0 Å². The van der Waals surface area contributed by atoms with Crippen LogP contribution in [0.3, 0.4) is 0 Å². The molecule has 1 aliphatic rings. The normalized spacial score (nSPS) is 15.4. The van der Waals surface area contributed by atoms with Gasteiger partial charge in [-0.3, -0.25) is 4.79 Å². The second kappa shape index (κ2) is 6.36. The molecular weight excluding hydrogens is 294 g/mol. The topological polar surface area (TPSA) is 46.9 Å². The zero-order chi connectivity index (χ0) is 13.0. The third-order valence-corrected chi connectivity index (χ3v) is 4.09. The number of hydrogen-bond donors (Lipinski definition) is 1. The lowest BCUT2D eigenvalue weighted by Crippen LogP contribution is -2.31. The Morgan fingerprint density at radius 1 is 1.56 bits per heavy atom. The lowest BCUT2D eigenvalue weighted by atomic mass is 9.85. The molecule has 4 nitrogen and oxygen atoms in total. The fraction of sp³-hybridized carbons (Fsp3) is 0.692. The molecule has 0 unspecified atom stereocenters. The molecule has 1 N–H and O–H groups in total. The highest BCUT2D eigenvalue weighted by atomic mass is 79.9. The Balaban J connectivity index is 2.11. The number of anilines is 1. The van der Waals surface area contributed by atoms with E-state index in [1.54, 1.807) is 10.9 Å². The molecule has 0 spiro atoms. The molecule has 0 radical (unpaired) electrons. The van der Waals surface area contributed by atoms with Gasteiger partial charge in [0.25, 0.3) is 5.56 Å². The van der Waals surface area contributed by atoms with E-state index in [-0.39, 0.29) is 5.56 Å². The summed E-state index contributed by atoms with van der Waals surface area (Å²) in [7, 11) is 0.